The van der Waals surface area contributed by atoms with Gasteiger partial charge in [-0.3, -0.25) is 4.72 Å². The van der Waals surface area contributed by atoms with Crippen LogP contribution in [0.15, 0.2) is 95.5 Å². The highest BCUT2D eigenvalue weighted by Crippen LogP contribution is 2.59. The van der Waals surface area contributed by atoms with Crippen molar-refractivity contribution in [2.24, 2.45) is 5.92 Å². The van der Waals surface area contributed by atoms with Crippen molar-refractivity contribution in [3.63, 3.8) is 0 Å². The van der Waals surface area contributed by atoms with E-state index in [4.69, 9.17) is 9.47 Å². The number of piperidine rings is 1. The molecule has 10 heteroatoms. The summed E-state index contributed by atoms with van der Waals surface area (Å²) in [4.78, 5) is 15.7. The molecule has 4 aromatic rings. The molecule has 4 aromatic carbocycles. The van der Waals surface area contributed by atoms with Crippen LogP contribution in [0.3, 0.4) is 0 Å². The minimum absolute atomic E-state index is 0.00856. The maximum Gasteiger partial charge on any atom is 0.410 e. The number of carbonyl (C=O) groups is 1. The van der Waals surface area contributed by atoms with Crippen LogP contribution in [-0.4, -0.2) is 38.3 Å². The first-order valence-corrected chi connectivity index (χ1v) is 19.2. The van der Waals surface area contributed by atoms with E-state index < -0.39 is 10.0 Å². The molecule has 8 nitrogen and oxygen atoms in total. The van der Waals surface area contributed by atoms with Gasteiger partial charge in [-0.05, 0) is 88.0 Å². The Bertz CT molecular complexity index is 1910. The molecular weight excluding hydrogens is 690 g/mol. The Morgan fingerprint density at radius 3 is 2.29 bits per heavy atom. The topological polar surface area (TPSA) is 97.0 Å². The second kappa shape index (κ2) is 13.5. The summed E-state index contributed by atoms with van der Waals surface area (Å²) in [5.74, 6) is 1.02. The molecule has 2 fully saturated rings. The van der Waals surface area contributed by atoms with Gasteiger partial charge in [-0.15, -0.1) is 0 Å². The van der Waals surface area contributed by atoms with Crippen LogP contribution in [0.2, 0.25) is 0 Å². The van der Waals surface area contributed by atoms with E-state index in [1.165, 1.54) is 5.56 Å². The van der Waals surface area contributed by atoms with Crippen molar-refractivity contribution in [2.45, 2.75) is 63.2 Å². The lowest BCUT2D eigenvalue weighted by molar-refractivity contribution is -0.0138. The van der Waals surface area contributed by atoms with Gasteiger partial charge in [-0.2, -0.15) is 0 Å². The lowest BCUT2D eigenvalue weighted by atomic mass is 9.52. The van der Waals surface area contributed by atoms with E-state index in [2.05, 4.69) is 32.0 Å². The molecule has 1 saturated heterocycles. The molecule has 2 aliphatic carbocycles. The summed E-state index contributed by atoms with van der Waals surface area (Å²) in [6, 6.07) is 29.3. The van der Waals surface area contributed by atoms with Gasteiger partial charge in [0.2, 0.25) is 10.0 Å². The van der Waals surface area contributed by atoms with Crippen LogP contribution in [0.25, 0.3) is 0 Å². The largest absolute Gasteiger partial charge is 0.487 e. The molecule has 3 atom stereocenters. The fourth-order valence-corrected chi connectivity index (χ4v) is 9.34. The third-order valence-corrected chi connectivity index (χ3v) is 11.7. The minimum atomic E-state index is -3.52. The second-order valence-corrected chi connectivity index (χ2v) is 15.7. The number of sulfonamides is 1. The van der Waals surface area contributed by atoms with Crippen molar-refractivity contribution in [3.05, 3.63) is 118 Å². The fourth-order valence-electron chi connectivity index (χ4n) is 8.09. The first-order valence-electron chi connectivity index (χ1n) is 16.6. The van der Waals surface area contributed by atoms with Crippen LogP contribution in [0.5, 0.6) is 5.75 Å². The Labute approximate surface area is 291 Å². The van der Waals surface area contributed by atoms with E-state index in [-0.39, 0.29) is 24.2 Å². The van der Waals surface area contributed by atoms with Crippen molar-refractivity contribution < 1.29 is 22.7 Å². The summed E-state index contributed by atoms with van der Waals surface area (Å²) in [5, 5.41) is 3.52. The number of benzene rings is 4. The van der Waals surface area contributed by atoms with Gasteiger partial charge in [0.15, 0.2) is 0 Å². The van der Waals surface area contributed by atoms with Crippen LogP contribution >= 0.6 is 15.9 Å². The number of hydrogen-bond acceptors (Lipinski definition) is 6. The standard InChI is InChI=1S/C38H40BrN3O5S/c1-48(44,45)41-32-18-9-8-17-31(32)40-36-34(46-24-26-12-4-2-5-13-26)23-30-28(35(36)39)22-33-29-16-10-11-19-38(29,30)20-21-42(33)37(43)47-25-27-14-6-3-7-15-27/h2-9,12-15,17-18,23,29,33,40-41H,10-11,16,19-22,24-25H2,1H3/t29-,33+,38+/m0/s1. The predicted octanol–water partition coefficient (Wildman–Crippen LogP) is 8.54. The molecule has 1 heterocycles. The van der Waals surface area contributed by atoms with Gasteiger partial charge in [0.1, 0.15) is 19.0 Å². The fraction of sp³-hybridized carbons (Fsp3) is 0.342. The molecule has 250 valence electrons. The number of hydrogen-bond donors (Lipinski definition) is 2. The molecule has 1 saturated carbocycles. The highest BCUT2D eigenvalue weighted by molar-refractivity contribution is 9.10. The van der Waals surface area contributed by atoms with E-state index in [9.17, 15) is 13.2 Å². The molecule has 3 aliphatic rings. The smallest absolute Gasteiger partial charge is 0.410 e. The van der Waals surface area contributed by atoms with Crippen molar-refractivity contribution in [1.29, 1.82) is 0 Å². The van der Waals surface area contributed by atoms with Crippen LogP contribution in [-0.2, 0) is 39.8 Å². The average Bonchev–Trinajstić information content (AvgIpc) is 3.09. The van der Waals surface area contributed by atoms with Gasteiger partial charge in [0.05, 0.1) is 23.3 Å². The molecular formula is C38H40BrN3O5S. The summed E-state index contributed by atoms with van der Waals surface area (Å²) in [6.07, 6.45) is 6.84. The highest BCUT2D eigenvalue weighted by Gasteiger charge is 2.56. The number of ether oxygens (including phenoxy) is 2. The molecule has 0 radical (unpaired) electrons. The first kappa shape index (κ1) is 32.5. The SMILES string of the molecule is CS(=O)(=O)Nc1ccccc1Nc1c(OCc2ccccc2)cc2c(c1Br)C[C@@H]1[C@@H]3CCCC[C@]23CCN1C(=O)OCc1ccccc1. The molecule has 0 aromatic heterocycles. The normalized spacial score (nSPS) is 21.4. The first-order chi connectivity index (χ1) is 23.2. The van der Waals surface area contributed by atoms with Crippen molar-refractivity contribution >= 4 is 49.1 Å². The summed E-state index contributed by atoms with van der Waals surface area (Å²) < 4.78 is 40.5. The summed E-state index contributed by atoms with van der Waals surface area (Å²) >= 11 is 4.01. The van der Waals surface area contributed by atoms with Crippen LogP contribution in [0, 0.1) is 5.92 Å². The zero-order valence-corrected chi connectivity index (χ0v) is 29.4. The third-order valence-electron chi connectivity index (χ3n) is 10.2. The van der Waals surface area contributed by atoms with Crippen molar-refractivity contribution in [1.82, 2.24) is 4.90 Å². The Kier molecular flexibility index (Phi) is 9.13. The number of nitrogens with zero attached hydrogens (tertiary/aromatic N) is 1. The van der Waals surface area contributed by atoms with E-state index >= 15 is 0 Å². The van der Waals surface area contributed by atoms with Gasteiger partial charge in [-0.25, -0.2) is 13.2 Å². The average molecular weight is 731 g/mol. The number of likely N-dealkylation sites (tertiary alicyclic amines) is 1. The van der Waals surface area contributed by atoms with Crippen molar-refractivity contribution in [2.75, 3.05) is 22.8 Å². The molecule has 0 spiro atoms. The van der Waals surface area contributed by atoms with Crippen molar-refractivity contribution in [3.8, 4) is 5.75 Å². The Balaban J connectivity index is 1.28. The number of carbonyl (C=O) groups excluding carboxylic acids is 1. The van der Waals surface area contributed by atoms with Gasteiger partial charge in [0, 0.05) is 22.5 Å². The number of halogens is 1. The molecule has 48 heavy (non-hydrogen) atoms. The van der Waals surface area contributed by atoms with Gasteiger partial charge in [0.25, 0.3) is 0 Å². The lowest BCUT2D eigenvalue weighted by Crippen LogP contribution is -2.62. The van der Waals surface area contributed by atoms with Gasteiger partial charge < -0.3 is 19.7 Å². The number of fused-ring (bicyclic) bond motifs is 1. The number of nitrogens with one attached hydrogen (secondary N) is 2. The quantitative estimate of drug-likeness (QED) is 0.179. The second-order valence-electron chi connectivity index (χ2n) is 13.2. The monoisotopic (exact) mass is 729 g/mol. The zero-order valence-electron chi connectivity index (χ0n) is 27.0. The van der Waals surface area contributed by atoms with E-state index in [1.54, 1.807) is 12.1 Å². The Hall–Kier alpha value is -4.02. The van der Waals surface area contributed by atoms with E-state index in [0.29, 0.717) is 42.6 Å². The maximum atomic E-state index is 13.7. The third kappa shape index (κ3) is 6.52. The summed E-state index contributed by atoms with van der Waals surface area (Å²) in [5.41, 5.74) is 6.15. The van der Waals surface area contributed by atoms with Crippen LogP contribution in [0.4, 0.5) is 21.9 Å². The van der Waals surface area contributed by atoms with Gasteiger partial charge >= 0.3 is 6.09 Å². The lowest BCUT2D eigenvalue weighted by Gasteiger charge is -2.58. The van der Waals surface area contributed by atoms with E-state index in [0.717, 1.165) is 65.2 Å². The number of para-hydroxylation sites is 2. The summed E-state index contributed by atoms with van der Waals surface area (Å²) in [7, 11) is -3.52. The minimum Gasteiger partial charge on any atom is -0.487 e. The number of anilines is 3. The van der Waals surface area contributed by atoms with Crippen LogP contribution < -0.4 is 14.8 Å². The number of rotatable bonds is 9. The van der Waals surface area contributed by atoms with Gasteiger partial charge in [-0.1, -0.05) is 85.6 Å². The molecule has 2 bridgehead atoms. The predicted molar refractivity (Wildman–Crippen MR) is 192 cm³/mol. The Morgan fingerprint density at radius 1 is 0.917 bits per heavy atom. The molecule has 0 unspecified atom stereocenters. The number of amides is 1. The molecule has 2 N–H and O–H groups in total. The summed E-state index contributed by atoms with van der Waals surface area (Å²) in [6.45, 7) is 1.27. The van der Waals surface area contributed by atoms with Crippen LogP contribution in [0.1, 0.15) is 54.4 Å². The zero-order chi connectivity index (χ0) is 33.3. The molecule has 7 rings (SSSR count). The Morgan fingerprint density at radius 2 is 1.58 bits per heavy atom. The molecule has 1 aliphatic heterocycles. The highest BCUT2D eigenvalue weighted by atomic mass is 79.9. The molecule has 1 amide bonds. The maximum absolute atomic E-state index is 13.7. The van der Waals surface area contributed by atoms with E-state index in [1.807, 2.05) is 77.7 Å².